The molecule has 0 bridgehead atoms. The van der Waals surface area contributed by atoms with Crippen LogP contribution in [0.1, 0.15) is 19.8 Å². The number of hydrogen-bond donors (Lipinski definition) is 2. The fraction of sp³-hybridized carbons (Fsp3) is 0.900. The van der Waals surface area contributed by atoms with E-state index in [1.807, 2.05) is 6.92 Å². The molecule has 2 unspecified atom stereocenters. The molecule has 0 radical (unpaired) electrons. The highest BCUT2D eigenvalue weighted by Crippen LogP contribution is 2.20. The molecule has 0 amide bonds. The van der Waals surface area contributed by atoms with Gasteiger partial charge in [0.15, 0.2) is 5.84 Å². The molecule has 3 N–H and O–H groups in total. The second-order valence-corrected chi connectivity index (χ2v) is 4.50. The summed E-state index contributed by atoms with van der Waals surface area (Å²) >= 11 is 0. The first-order chi connectivity index (χ1) is 7.06. The Balaban J connectivity index is 2.59. The van der Waals surface area contributed by atoms with Crippen molar-refractivity contribution in [3.05, 3.63) is 0 Å². The molecule has 0 aromatic carbocycles. The Morgan fingerprint density at radius 1 is 1.67 bits per heavy atom. The molecule has 1 fully saturated rings. The van der Waals surface area contributed by atoms with Gasteiger partial charge in [-0.2, -0.15) is 0 Å². The highest BCUT2D eigenvalue weighted by molar-refractivity contribution is 5.84. The van der Waals surface area contributed by atoms with Crippen LogP contribution in [0.5, 0.6) is 0 Å². The summed E-state index contributed by atoms with van der Waals surface area (Å²) in [5.74, 6) is 0.306. The predicted molar refractivity (Wildman–Crippen MR) is 61.2 cm³/mol. The topological polar surface area (TPSA) is 65.1 Å². The van der Waals surface area contributed by atoms with Gasteiger partial charge in [0.2, 0.25) is 0 Å². The standard InChI is InChI=1S/C10H22N4O/c1-8(10(11)12-15)14-6-4-5-9(14)7-13(2)3/h8-9,15H,4-7H2,1-3H3,(H2,11,12). The zero-order valence-corrected chi connectivity index (χ0v) is 9.85. The first kappa shape index (κ1) is 12.3. The van der Waals surface area contributed by atoms with E-state index in [4.69, 9.17) is 10.9 Å². The third-order valence-corrected chi connectivity index (χ3v) is 3.04. The first-order valence-electron chi connectivity index (χ1n) is 5.44. The summed E-state index contributed by atoms with van der Waals surface area (Å²) in [7, 11) is 4.15. The highest BCUT2D eigenvalue weighted by Gasteiger charge is 2.30. The Labute approximate surface area is 91.5 Å². The van der Waals surface area contributed by atoms with E-state index < -0.39 is 0 Å². The van der Waals surface area contributed by atoms with Crippen LogP contribution in [0.3, 0.4) is 0 Å². The molecular formula is C10H22N4O. The maximum atomic E-state index is 8.66. The number of amidine groups is 1. The second-order valence-electron chi connectivity index (χ2n) is 4.50. The van der Waals surface area contributed by atoms with Crippen molar-refractivity contribution in [1.82, 2.24) is 9.80 Å². The summed E-state index contributed by atoms with van der Waals surface area (Å²) in [6.45, 7) is 4.06. The molecule has 0 spiro atoms. The van der Waals surface area contributed by atoms with Gasteiger partial charge in [-0.05, 0) is 40.4 Å². The van der Waals surface area contributed by atoms with E-state index in [0.29, 0.717) is 11.9 Å². The molecule has 0 saturated carbocycles. The minimum absolute atomic E-state index is 0.0300. The number of hydrogen-bond acceptors (Lipinski definition) is 4. The van der Waals surface area contributed by atoms with Crippen molar-refractivity contribution in [2.45, 2.75) is 31.8 Å². The lowest BCUT2D eigenvalue weighted by Gasteiger charge is -2.31. The summed E-state index contributed by atoms with van der Waals surface area (Å²) in [6, 6.07) is 0.553. The van der Waals surface area contributed by atoms with Gasteiger partial charge in [0.25, 0.3) is 0 Å². The van der Waals surface area contributed by atoms with Gasteiger partial charge in [-0.1, -0.05) is 5.16 Å². The van der Waals surface area contributed by atoms with Gasteiger partial charge < -0.3 is 15.8 Å². The van der Waals surface area contributed by atoms with Crippen molar-refractivity contribution in [1.29, 1.82) is 0 Å². The van der Waals surface area contributed by atoms with E-state index in [0.717, 1.165) is 13.1 Å². The summed E-state index contributed by atoms with van der Waals surface area (Å²) < 4.78 is 0. The van der Waals surface area contributed by atoms with Crippen LogP contribution in [0.4, 0.5) is 0 Å². The molecule has 1 heterocycles. The number of rotatable bonds is 4. The first-order valence-corrected chi connectivity index (χ1v) is 5.44. The Morgan fingerprint density at radius 2 is 2.33 bits per heavy atom. The van der Waals surface area contributed by atoms with Crippen LogP contribution in [0.15, 0.2) is 5.16 Å². The van der Waals surface area contributed by atoms with Crippen LogP contribution in [0, 0.1) is 0 Å². The monoisotopic (exact) mass is 214 g/mol. The molecule has 0 aromatic rings. The van der Waals surface area contributed by atoms with Crippen molar-refractivity contribution >= 4 is 5.84 Å². The van der Waals surface area contributed by atoms with Gasteiger partial charge in [-0.25, -0.2) is 0 Å². The van der Waals surface area contributed by atoms with Crippen LogP contribution in [0.25, 0.3) is 0 Å². The molecule has 5 nitrogen and oxygen atoms in total. The Morgan fingerprint density at radius 3 is 2.87 bits per heavy atom. The number of likely N-dealkylation sites (tertiary alicyclic amines) is 1. The van der Waals surface area contributed by atoms with Crippen molar-refractivity contribution in [2.24, 2.45) is 10.9 Å². The fourth-order valence-electron chi connectivity index (χ4n) is 2.24. The van der Waals surface area contributed by atoms with Crippen LogP contribution in [-0.2, 0) is 0 Å². The normalized spacial score (nSPS) is 26.1. The lowest BCUT2D eigenvalue weighted by Crippen LogP contribution is -2.48. The van der Waals surface area contributed by atoms with E-state index in [9.17, 15) is 0 Å². The van der Waals surface area contributed by atoms with Crippen LogP contribution < -0.4 is 5.73 Å². The average Bonchev–Trinajstić information content (AvgIpc) is 2.62. The Hall–Kier alpha value is -0.810. The van der Waals surface area contributed by atoms with Crippen molar-refractivity contribution in [2.75, 3.05) is 27.2 Å². The van der Waals surface area contributed by atoms with E-state index in [-0.39, 0.29) is 6.04 Å². The van der Waals surface area contributed by atoms with Crippen molar-refractivity contribution in [3.63, 3.8) is 0 Å². The zero-order chi connectivity index (χ0) is 11.4. The molecule has 0 aliphatic carbocycles. The summed E-state index contributed by atoms with van der Waals surface area (Å²) in [5.41, 5.74) is 5.63. The molecule has 1 aliphatic heterocycles. The van der Waals surface area contributed by atoms with Gasteiger partial charge in [0.05, 0.1) is 6.04 Å². The minimum atomic E-state index is 0.0300. The number of likely N-dealkylation sites (N-methyl/N-ethyl adjacent to an activating group) is 1. The largest absolute Gasteiger partial charge is 0.409 e. The Kier molecular flexibility index (Phi) is 4.35. The maximum Gasteiger partial charge on any atom is 0.156 e. The van der Waals surface area contributed by atoms with Gasteiger partial charge in [0, 0.05) is 12.6 Å². The van der Waals surface area contributed by atoms with Gasteiger partial charge >= 0.3 is 0 Å². The minimum Gasteiger partial charge on any atom is -0.409 e. The summed E-state index contributed by atoms with van der Waals surface area (Å²) in [6.07, 6.45) is 2.39. The molecule has 15 heavy (non-hydrogen) atoms. The van der Waals surface area contributed by atoms with E-state index in [1.165, 1.54) is 12.8 Å². The highest BCUT2D eigenvalue weighted by atomic mass is 16.4. The Bertz CT molecular complexity index is 229. The molecule has 88 valence electrons. The molecule has 1 aliphatic rings. The molecule has 5 heteroatoms. The third kappa shape index (κ3) is 3.07. The van der Waals surface area contributed by atoms with Gasteiger partial charge in [0.1, 0.15) is 0 Å². The lowest BCUT2D eigenvalue weighted by atomic mass is 10.2. The molecule has 1 saturated heterocycles. The smallest absolute Gasteiger partial charge is 0.156 e. The maximum absolute atomic E-state index is 8.66. The lowest BCUT2D eigenvalue weighted by molar-refractivity contribution is 0.189. The van der Waals surface area contributed by atoms with Crippen LogP contribution in [-0.4, -0.2) is 60.1 Å². The quantitative estimate of drug-likeness (QED) is 0.302. The number of oxime groups is 1. The summed E-state index contributed by atoms with van der Waals surface area (Å²) in [5, 5.41) is 11.7. The fourth-order valence-corrected chi connectivity index (χ4v) is 2.24. The average molecular weight is 214 g/mol. The van der Waals surface area contributed by atoms with Gasteiger partial charge in [-0.15, -0.1) is 0 Å². The van der Waals surface area contributed by atoms with Crippen LogP contribution >= 0.6 is 0 Å². The van der Waals surface area contributed by atoms with Gasteiger partial charge in [-0.3, -0.25) is 4.90 Å². The molecule has 1 rings (SSSR count). The molecule has 0 aromatic heterocycles. The third-order valence-electron chi connectivity index (χ3n) is 3.04. The zero-order valence-electron chi connectivity index (χ0n) is 9.85. The van der Waals surface area contributed by atoms with E-state index >= 15 is 0 Å². The van der Waals surface area contributed by atoms with Crippen molar-refractivity contribution in [3.8, 4) is 0 Å². The van der Waals surface area contributed by atoms with E-state index in [2.05, 4.69) is 29.1 Å². The SMILES string of the molecule is CC(C(N)=NO)N1CCCC1CN(C)C. The van der Waals surface area contributed by atoms with Crippen LogP contribution in [0.2, 0.25) is 0 Å². The van der Waals surface area contributed by atoms with Crippen molar-refractivity contribution < 1.29 is 5.21 Å². The summed E-state index contributed by atoms with van der Waals surface area (Å²) in [4.78, 5) is 4.50. The number of nitrogens with zero attached hydrogens (tertiary/aromatic N) is 3. The second kappa shape index (κ2) is 5.32. The van der Waals surface area contributed by atoms with E-state index in [1.54, 1.807) is 0 Å². The molecular weight excluding hydrogens is 192 g/mol. The number of nitrogens with two attached hydrogens (primary N) is 1. The predicted octanol–water partition coefficient (Wildman–Crippen LogP) is 0.147. The molecule has 2 atom stereocenters.